The fraction of sp³-hybridized carbons (Fsp3) is 0.190. The van der Waals surface area contributed by atoms with Crippen LogP contribution in [0.1, 0.15) is 11.1 Å². The maximum Gasteiger partial charge on any atom is 0.294 e. The Morgan fingerprint density at radius 1 is 1.07 bits per heavy atom. The van der Waals surface area contributed by atoms with Crippen molar-refractivity contribution >= 4 is 34.9 Å². The van der Waals surface area contributed by atoms with Gasteiger partial charge in [0, 0.05) is 12.1 Å². The molecule has 0 radical (unpaired) electrons. The molecular formula is C21H20N2O5S. The van der Waals surface area contributed by atoms with Crippen LogP contribution in [0.2, 0.25) is 0 Å². The number of hydrogen-bond acceptors (Lipinski definition) is 6. The Balaban J connectivity index is 1.62. The van der Waals surface area contributed by atoms with Gasteiger partial charge in [-0.15, -0.1) is 0 Å². The molecule has 7 nitrogen and oxygen atoms in total. The van der Waals surface area contributed by atoms with Crippen molar-refractivity contribution in [3.05, 3.63) is 64.6 Å². The Morgan fingerprint density at radius 3 is 2.48 bits per heavy atom. The van der Waals surface area contributed by atoms with Crippen LogP contribution >= 0.6 is 11.8 Å². The maximum absolute atomic E-state index is 12.6. The Bertz CT molecular complexity index is 956. The summed E-state index contributed by atoms with van der Waals surface area (Å²) in [4.78, 5) is 38.2. The third kappa shape index (κ3) is 4.97. The van der Waals surface area contributed by atoms with E-state index in [-0.39, 0.29) is 18.0 Å². The number of para-hydroxylation sites is 1. The monoisotopic (exact) mass is 412 g/mol. The van der Waals surface area contributed by atoms with E-state index in [1.54, 1.807) is 37.5 Å². The molecule has 8 heteroatoms. The van der Waals surface area contributed by atoms with Crippen LogP contribution in [0.3, 0.4) is 0 Å². The van der Waals surface area contributed by atoms with E-state index < -0.39 is 17.1 Å². The average Bonchev–Trinajstić information content (AvgIpc) is 3.00. The number of carbonyl (C=O) groups is 3. The number of ether oxygens (including phenoxy) is 2. The fourth-order valence-corrected chi connectivity index (χ4v) is 3.54. The summed E-state index contributed by atoms with van der Waals surface area (Å²) < 4.78 is 10.4. The van der Waals surface area contributed by atoms with E-state index in [1.807, 2.05) is 24.3 Å². The Hall–Kier alpha value is -3.26. The van der Waals surface area contributed by atoms with E-state index in [0.717, 1.165) is 28.0 Å². The van der Waals surface area contributed by atoms with Gasteiger partial charge in [-0.25, -0.2) is 0 Å². The largest absolute Gasteiger partial charge is 0.497 e. The van der Waals surface area contributed by atoms with Crippen LogP contribution in [0, 0.1) is 0 Å². The Morgan fingerprint density at radius 2 is 1.79 bits per heavy atom. The molecule has 0 aromatic heterocycles. The van der Waals surface area contributed by atoms with Gasteiger partial charge in [-0.05, 0) is 41.6 Å². The van der Waals surface area contributed by atoms with Crippen molar-refractivity contribution in [2.45, 2.75) is 6.54 Å². The van der Waals surface area contributed by atoms with Gasteiger partial charge in [-0.1, -0.05) is 30.3 Å². The Kier molecular flexibility index (Phi) is 6.56. The molecule has 0 spiro atoms. The van der Waals surface area contributed by atoms with Crippen LogP contribution in [0.15, 0.2) is 53.4 Å². The molecule has 1 heterocycles. The van der Waals surface area contributed by atoms with Gasteiger partial charge in [-0.3, -0.25) is 19.3 Å². The zero-order valence-corrected chi connectivity index (χ0v) is 16.8. The van der Waals surface area contributed by atoms with E-state index in [9.17, 15) is 14.4 Å². The summed E-state index contributed by atoms with van der Waals surface area (Å²) in [6.45, 7) is -0.0415. The van der Waals surface area contributed by atoms with Gasteiger partial charge in [0.05, 0.1) is 19.1 Å². The second-order valence-electron chi connectivity index (χ2n) is 6.13. The van der Waals surface area contributed by atoms with E-state index in [4.69, 9.17) is 9.47 Å². The summed E-state index contributed by atoms with van der Waals surface area (Å²) in [6, 6.07) is 14.4. The maximum atomic E-state index is 12.6. The second kappa shape index (κ2) is 9.29. The first-order valence-corrected chi connectivity index (χ1v) is 9.61. The molecule has 3 rings (SSSR count). The molecule has 1 aliphatic rings. The van der Waals surface area contributed by atoms with Crippen molar-refractivity contribution in [2.75, 3.05) is 20.8 Å². The summed E-state index contributed by atoms with van der Waals surface area (Å²) in [5.41, 5.74) is 1.56. The lowest BCUT2D eigenvalue weighted by molar-refractivity contribution is -0.129. The van der Waals surface area contributed by atoms with Gasteiger partial charge in [0.1, 0.15) is 18.0 Å². The quantitative estimate of drug-likeness (QED) is 0.704. The summed E-state index contributed by atoms with van der Waals surface area (Å²) in [5.74, 6) is 0.406. The highest BCUT2D eigenvalue weighted by atomic mass is 32.2. The van der Waals surface area contributed by atoms with Crippen molar-refractivity contribution in [1.29, 1.82) is 0 Å². The molecule has 0 atom stereocenters. The van der Waals surface area contributed by atoms with Crippen LogP contribution in [0.25, 0.3) is 6.08 Å². The lowest BCUT2D eigenvalue weighted by atomic mass is 10.2. The molecule has 1 fully saturated rings. The lowest BCUT2D eigenvalue weighted by Crippen LogP contribution is -2.39. The summed E-state index contributed by atoms with van der Waals surface area (Å²) in [6.07, 6.45) is 1.60. The van der Waals surface area contributed by atoms with Gasteiger partial charge in [0.25, 0.3) is 11.1 Å². The van der Waals surface area contributed by atoms with Gasteiger partial charge < -0.3 is 14.8 Å². The molecule has 150 valence electrons. The zero-order chi connectivity index (χ0) is 20.8. The van der Waals surface area contributed by atoms with Crippen LogP contribution < -0.4 is 14.8 Å². The number of hydrogen-bond donors (Lipinski definition) is 1. The number of nitrogens with zero attached hydrogens (tertiary/aromatic N) is 1. The van der Waals surface area contributed by atoms with E-state index >= 15 is 0 Å². The van der Waals surface area contributed by atoms with Gasteiger partial charge in [0.15, 0.2) is 0 Å². The molecule has 1 N–H and O–H groups in total. The molecule has 0 aliphatic carbocycles. The van der Waals surface area contributed by atoms with E-state index in [1.165, 1.54) is 7.11 Å². The van der Waals surface area contributed by atoms with Crippen molar-refractivity contribution < 1.29 is 23.9 Å². The van der Waals surface area contributed by atoms with Crippen molar-refractivity contribution in [2.24, 2.45) is 0 Å². The third-order valence-electron chi connectivity index (χ3n) is 4.25. The normalized spacial score (nSPS) is 15.0. The summed E-state index contributed by atoms with van der Waals surface area (Å²) in [7, 11) is 3.11. The van der Waals surface area contributed by atoms with Crippen LogP contribution in [-0.2, 0) is 16.1 Å². The number of imide groups is 1. The summed E-state index contributed by atoms with van der Waals surface area (Å²) in [5, 5.41) is 2.24. The first kappa shape index (κ1) is 20.5. The number of amides is 3. The first-order valence-electron chi connectivity index (χ1n) is 8.80. The molecule has 29 heavy (non-hydrogen) atoms. The van der Waals surface area contributed by atoms with Crippen LogP contribution in [0.5, 0.6) is 11.5 Å². The molecule has 0 bridgehead atoms. The minimum atomic E-state index is -0.495. The number of benzene rings is 2. The smallest absolute Gasteiger partial charge is 0.294 e. The van der Waals surface area contributed by atoms with Gasteiger partial charge >= 0.3 is 0 Å². The fourth-order valence-electron chi connectivity index (χ4n) is 2.71. The second-order valence-corrected chi connectivity index (χ2v) is 7.13. The number of carbonyl (C=O) groups excluding carboxylic acids is 3. The van der Waals surface area contributed by atoms with Crippen molar-refractivity contribution in [3.8, 4) is 11.5 Å². The molecule has 2 aromatic rings. The van der Waals surface area contributed by atoms with E-state index in [0.29, 0.717) is 11.3 Å². The predicted octanol–water partition coefficient (Wildman–Crippen LogP) is 3.06. The summed E-state index contributed by atoms with van der Waals surface area (Å²) >= 11 is 0.805. The third-order valence-corrected chi connectivity index (χ3v) is 5.16. The molecule has 0 unspecified atom stereocenters. The molecule has 1 aliphatic heterocycles. The van der Waals surface area contributed by atoms with Crippen molar-refractivity contribution in [3.63, 3.8) is 0 Å². The molecule has 3 amide bonds. The Labute approximate surface area is 172 Å². The lowest BCUT2D eigenvalue weighted by Gasteiger charge is -2.12. The number of nitrogens with one attached hydrogen (secondary N) is 1. The minimum absolute atomic E-state index is 0.252. The first-order chi connectivity index (χ1) is 14.0. The molecule has 1 saturated heterocycles. The topological polar surface area (TPSA) is 84.9 Å². The van der Waals surface area contributed by atoms with Crippen molar-refractivity contribution in [1.82, 2.24) is 10.2 Å². The molecule has 2 aromatic carbocycles. The van der Waals surface area contributed by atoms with Crippen LogP contribution in [0.4, 0.5) is 4.79 Å². The standard InChI is InChI=1S/C21H20N2O5S/c1-27-16-9-7-14(8-10-16)12-22-19(24)13-23-20(25)18(29-21(23)26)11-15-5-3-4-6-17(15)28-2/h3-11H,12-13H2,1-2H3,(H,22,24)/b18-11-. The predicted molar refractivity (Wildman–Crippen MR) is 111 cm³/mol. The van der Waals surface area contributed by atoms with Crippen LogP contribution in [-0.4, -0.2) is 42.7 Å². The minimum Gasteiger partial charge on any atom is -0.497 e. The molecular weight excluding hydrogens is 392 g/mol. The highest BCUT2D eigenvalue weighted by Crippen LogP contribution is 2.33. The average molecular weight is 412 g/mol. The van der Waals surface area contributed by atoms with Gasteiger partial charge in [0.2, 0.25) is 5.91 Å². The number of methoxy groups -OCH3 is 2. The number of thioether (sulfide) groups is 1. The number of rotatable bonds is 7. The highest BCUT2D eigenvalue weighted by molar-refractivity contribution is 8.18. The zero-order valence-electron chi connectivity index (χ0n) is 16.0. The van der Waals surface area contributed by atoms with Gasteiger partial charge in [-0.2, -0.15) is 0 Å². The highest BCUT2D eigenvalue weighted by Gasteiger charge is 2.36. The molecule has 0 saturated carbocycles. The van der Waals surface area contributed by atoms with E-state index in [2.05, 4.69) is 5.32 Å². The SMILES string of the molecule is COc1ccc(CNC(=O)CN2C(=O)S/C(=C\c3ccccc3OC)C2=O)cc1.